The molecular weight excluding hydrogens is 204 g/mol. The lowest BCUT2D eigenvalue weighted by Gasteiger charge is -2.20. The Bertz CT molecular complexity index is 299. The van der Waals surface area contributed by atoms with Gasteiger partial charge in [0.15, 0.2) is 0 Å². The summed E-state index contributed by atoms with van der Waals surface area (Å²) >= 11 is 0. The topological polar surface area (TPSA) is 38.7 Å². The van der Waals surface area contributed by atoms with Crippen LogP contribution in [0, 0.1) is 0 Å². The molecule has 1 aliphatic rings. The average molecular weight is 222 g/mol. The molecule has 0 amide bonds. The fourth-order valence-corrected chi connectivity index (χ4v) is 1.83. The summed E-state index contributed by atoms with van der Waals surface area (Å²) < 4.78 is 11.1. The molecule has 1 saturated heterocycles. The summed E-state index contributed by atoms with van der Waals surface area (Å²) in [6.07, 6.45) is 1.08. The predicted octanol–water partition coefficient (Wildman–Crippen LogP) is 1.74. The van der Waals surface area contributed by atoms with Gasteiger partial charge >= 0.3 is 0 Å². The number of aliphatic hydroxyl groups excluding tert-OH is 1. The zero-order chi connectivity index (χ0) is 11.2. The third-order valence-corrected chi connectivity index (χ3v) is 2.81. The minimum absolute atomic E-state index is 0.192. The molecule has 0 aliphatic carbocycles. The van der Waals surface area contributed by atoms with Gasteiger partial charge in [0.05, 0.1) is 19.3 Å². The molecule has 1 N–H and O–H groups in total. The largest absolute Gasteiger partial charge is 0.390 e. The van der Waals surface area contributed by atoms with Crippen LogP contribution in [0.4, 0.5) is 0 Å². The van der Waals surface area contributed by atoms with Crippen LogP contribution >= 0.6 is 0 Å². The van der Waals surface area contributed by atoms with E-state index in [1.165, 1.54) is 0 Å². The summed E-state index contributed by atoms with van der Waals surface area (Å²) in [6.45, 7) is 1.75. The van der Waals surface area contributed by atoms with Crippen LogP contribution in [0.25, 0.3) is 0 Å². The van der Waals surface area contributed by atoms with Gasteiger partial charge in [-0.05, 0) is 18.4 Å². The zero-order valence-electron chi connectivity index (χ0n) is 9.34. The molecule has 2 atom stereocenters. The van der Waals surface area contributed by atoms with Crippen LogP contribution < -0.4 is 0 Å². The molecule has 0 saturated carbocycles. The monoisotopic (exact) mass is 222 g/mol. The van der Waals surface area contributed by atoms with E-state index >= 15 is 0 Å². The Balaban J connectivity index is 1.84. The van der Waals surface area contributed by atoms with Gasteiger partial charge in [-0.1, -0.05) is 30.3 Å². The Labute approximate surface area is 96.0 Å². The van der Waals surface area contributed by atoms with E-state index in [1.54, 1.807) is 0 Å². The second-order valence-corrected chi connectivity index (χ2v) is 4.12. The Kier molecular flexibility index (Phi) is 4.34. The number of rotatable bonds is 3. The molecule has 0 spiro atoms. The summed E-state index contributed by atoms with van der Waals surface area (Å²) in [7, 11) is 0. The van der Waals surface area contributed by atoms with Gasteiger partial charge in [-0.2, -0.15) is 0 Å². The lowest BCUT2D eigenvalue weighted by Crippen LogP contribution is -2.31. The van der Waals surface area contributed by atoms with E-state index in [4.69, 9.17) is 9.47 Å². The van der Waals surface area contributed by atoms with Gasteiger partial charge < -0.3 is 14.6 Å². The van der Waals surface area contributed by atoms with Crippen molar-refractivity contribution in [1.82, 2.24) is 0 Å². The van der Waals surface area contributed by atoms with E-state index in [-0.39, 0.29) is 6.10 Å². The maximum absolute atomic E-state index is 9.82. The van der Waals surface area contributed by atoms with Crippen molar-refractivity contribution >= 4 is 0 Å². The third-order valence-electron chi connectivity index (χ3n) is 2.81. The molecule has 1 heterocycles. The van der Waals surface area contributed by atoms with Gasteiger partial charge in [-0.3, -0.25) is 0 Å². The van der Waals surface area contributed by atoms with Crippen molar-refractivity contribution in [2.24, 2.45) is 0 Å². The molecule has 16 heavy (non-hydrogen) atoms. The fraction of sp³-hybridized carbons (Fsp3) is 0.538. The van der Waals surface area contributed by atoms with E-state index in [0.29, 0.717) is 13.2 Å². The first-order valence-electron chi connectivity index (χ1n) is 5.77. The van der Waals surface area contributed by atoms with Crippen LogP contribution in [-0.2, 0) is 16.1 Å². The van der Waals surface area contributed by atoms with Crippen molar-refractivity contribution in [2.45, 2.75) is 31.7 Å². The first-order valence-corrected chi connectivity index (χ1v) is 5.77. The van der Waals surface area contributed by atoms with Crippen molar-refractivity contribution in [2.75, 3.05) is 13.2 Å². The molecule has 1 aromatic rings. The Morgan fingerprint density at radius 3 is 2.94 bits per heavy atom. The highest BCUT2D eigenvalue weighted by atomic mass is 16.5. The Morgan fingerprint density at radius 2 is 2.12 bits per heavy atom. The first kappa shape index (κ1) is 11.6. The first-order chi connectivity index (χ1) is 7.86. The van der Waals surface area contributed by atoms with Gasteiger partial charge in [0.1, 0.15) is 6.10 Å². The van der Waals surface area contributed by atoms with Crippen LogP contribution in [-0.4, -0.2) is 30.5 Å². The second-order valence-electron chi connectivity index (χ2n) is 4.12. The highest BCUT2D eigenvalue weighted by molar-refractivity contribution is 5.13. The van der Waals surface area contributed by atoms with Crippen LogP contribution in [0.3, 0.4) is 0 Å². The SMILES string of the molecule is O[C@H]1CCCOC[C@H]1OCc1ccccc1. The van der Waals surface area contributed by atoms with Crippen LogP contribution in [0.1, 0.15) is 18.4 Å². The van der Waals surface area contributed by atoms with Gasteiger partial charge in [-0.25, -0.2) is 0 Å². The molecule has 88 valence electrons. The highest BCUT2D eigenvalue weighted by Gasteiger charge is 2.22. The molecule has 3 nitrogen and oxygen atoms in total. The summed E-state index contributed by atoms with van der Waals surface area (Å²) in [4.78, 5) is 0. The molecule has 0 unspecified atom stereocenters. The number of hydrogen-bond donors (Lipinski definition) is 1. The summed E-state index contributed by atoms with van der Waals surface area (Å²) in [5, 5.41) is 9.82. The highest BCUT2D eigenvalue weighted by Crippen LogP contribution is 2.14. The van der Waals surface area contributed by atoms with Crippen molar-refractivity contribution in [1.29, 1.82) is 0 Å². The molecule has 3 heteroatoms. The number of hydrogen-bond acceptors (Lipinski definition) is 3. The molecule has 1 fully saturated rings. The second kappa shape index (κ2) is 5.99. The standard InChI is InChI=1S/C13H18O3/c14-12-7-4-8-15-10-13(12)16-9-11-5-2-1-3-6-11/h1-3,5-6,12-14H,4,7-10H2/t12-,13+/m0/s1. The number of benzene rings is 1. The van der Waals surface area contributed by atoms with E-state index in [0.717, 1.165) is 25.0 Å². The smallest absolute Gasteiger partial charge is 0.107 e. The number of aliphatic hydroxyl groups is 1. The maximum Gasteiger partial charge on any atom is 0.107 e. The van der Waals surface area contributed by atoms with E-state index in [2.05, 4.69) is 0 Å². The average Bonchev–Trinajstić information content (AvgIpc) is 2.53. The minimum atomic E-state index is -0.397. The van der Waals surface area contributed by atoms with Crippen molar-refractivity contribution < 1.29 is 14.6 Å². The van der Waals surface area contributed by atoms with E-state index in [9.17, 15) is 5.11 Å². The fourth-order valence-electron chi connectivity index (χ4n) is 1.83. The van der Waals surface area contributed by atoms with Gasteiger partial charge in [0.25, 0.3) is 0 Å². The minimum Gasteiger partial charge on any atom is -0.390 e. The molecule has 1 aliphatic heterocycles. The molecule has 0 bridgehead atoms. The zero-order valence-corrected chi connectivity index (χ0v) is 9.34. The molecule has 0 aromatic heterocycles. The molecule has 0 radical (unpaired) electrons. The van der Waals surface area contributed by atoms with Crippen molar-refractivity contribution in [3.8, 4) is 0 Å². The Morgan fingerprint density at radius 1 is 1.31 bits per heavy atom. The van der Waals surface area contributed by atoms with Crippen molar-refractivity contribution in [3.05, 3.63) is 35.9 Å². The maximum atomic E-state index is 9.82. The predicted molar refractivity (Wildman–Crippen MR) is 61.1 cm³/mol. The van der Waals surface area contributed by atoms with Crippen LogP contribution in [0.5, 0.6) is 0 Å². The quantitative estimate of drug-likeness (QED) is 0.846. The van der Waals surface area contributed by atoms with Gasteiger partial charge in [-0.15, -0.1) is 0 Å². The van der Waals surface area contributed by atoms with Gasteiger partial charge in [0.2, 0.25) is 0 Å². The van der Waals surface area contributed by atoms with E-state index < -0.39 is 6.10 Å². The van der Waals surface area contributed by atoms with Crippen LogP contribution in [0.2, 0.25) is 0 Å². The van der Waals surface area contributed by atoms with E-state index in [1.807, 2.05) is 30.3 Å². The lowest BCUT2D eigenvalue weighted by atomic mass is 10.1. The number of ether oxygens (including phenoxy) is 2. The third kappa shape index (κ3) is 3.30. The Hall–Kier alpha value is -0.900. The van der Waals surface area contributed by atoms with Gasteiger partial charge in [0, 0.05) is 6.61 Å². The summed E-state index contributed by atoms with van der Waals surface area (Å²) in [6, 6.07) is 9.98. The molecule has 1 aromatic carbocycles. The molecule has 2 rings (SSSR count). The summed E-state index contributed by atoms with van der Waals surface area (Å²) in [5.74, 6) is 0. The lowest BCUT2D eigenvalue weighted by molar-refractivity contribution is -0.0722. The van der Waals surface area contributed by atoms with Crippen molar-refractivity contribution in [3.63, 3.8) is 0 Å². The van der Waals surface area contributed by atoms with Crippen LogP contribution in [0.15, 0.2) is 30.3 Å². The normalized spacial score (nSPS) is 26.3. The molecular formula is C13H18O3. The summed E-state index contributed by atoms with van der Waals surface area (Å²) in [5.41, 5.74) is 1.12.